The normalized spacial score (nSPS) is 39.1. The van der Waals surface area contributed by atoms with Gasteiger partial charge in [-0.3, -0.25) is 9.98 Å². The second-order valence-electron chi connectivity index (χ2n) is 2.34. The molecule has 2 rings (SSSR count). The van der Waals surface area contributed by atoms with Crippen molar-refractivity contribution in [3.8, 4) is 0 Å². The molecule has 0 saturated carbocycles. The van der Waals surface area contributed by atoms with Gasteiger partial charge in [0.25, 0.3) is 0 Å². The molecule has 0 radical (unpaired) electrons. The molecular formula is C6H9N2S+. The highest BCUT2D eigenvalue weighted by molar-refractivity contribution is 8.13. The lowest BCUT2D eigenvalue weighted by molar-refractivity contribution is -0.456. The third-order valence-electron chi connectivity index (χ3n) is 1.74. The maximum atomic E-state index is 4.32. The van der Waals surface area contributed by atoms with Crippen LogP contribution in [-0.2, 0) is 0 Å². The van der Waals surface area contributed by atoms with Crippen molar-refractivity contribution in [3.05, 3.63) is 0 Å². The maximum Gasteiger partial charge on any atom is 0.154 e. The SMILES string of the molecule is C1=NC2CC=[NH+]CC2S1. The standard InChI is InChI=1S/C6H8N2S/c1-2-7-3-6-5(1)8-4-9-6/h2,4-6H,1,3H2/p+1. The molecule has 2 aliphatic heterocycles. The summed E-state index contributed by atoms with van der Waals surface area (Å²) < 4.78 is 0. The van der Waals surface area contributed by atoms with Crippen molar-refractivity contribution in [3.63, 3.8) is 0 Å². The number of hydrogen-bond donors (Lipinski definition) is 1. The number of nitrogens with zero attached hydrogens (tertiary/aromatic N) is 1. The van der Waals surface area contributed by atoms with Gasteiger partial charge in [0.2, 0.25) is 0 Å². The Morgan fingerprint density at radius 3 is 3.56 bits per heavy atom. The summed E-state index contributed by atoms with van der Waals surface area (Å²) in [4.78, 5) is 7.55. The summed E-state index contributed by atoms with van der Waals surface area (Å²) in [5.74, 6) is 0. The van der Waals surface area contributed by atoms with E-state index in [1.165, 1.54) is 0 Å². The third kappa shape index (κ3) is 0.894. The molecule has 3 heteroatoms. The van der Waals surface area contributed by atoms with Gasteiger partial charge in [-0.1, -0.05) is 0 Å². The Labute approximate surface area is 58.5 Å². The molecule has 0 aromatic carbocycles. The molecule has 2 aliphatic rings. The van der Waals surface area contributed by atoms with E-state index in [1.807, 2.05) is 17.3 Å². The molecule has 2 unspecified atom stereocenters. The molecule has 0 spiro atoms. The fraction of sp³-hybridized carbons (Fsp3) is 0.667. The van der Waals surface area contributed by atoms with Crippen LogP contribution < -0.4 is 4.99 Å². The highest BCUT2D eigenvalue weighted by Gasteiger charge is 2.29. The lowest BCUT2D eigenvalue weighted by atomic mass is 10.1. The van der Waals surface area contributed by atoms with E-state index in [0.717, 1.165) is 18.2 Å². The van der Waals surface area contributed by atoms with E-state index in [2.05, 4.69) is 16.2 Å². The Balaban J connectivity index is 2.13. The third-order valence-corrected chi connectivity index (χ3v) is 2.81. The molecule has 0 saturated heterocycles. The van der Waals surface area contributed by atoms with Crippen LogP contribution in [0, 0.1) is 0 Å². The minimum absolute atomic E-state index is 0.580. The number of thioether (sulfide) groups is 1. The second kappa shape index (κ2) is 2.14. The lowest BCUT2D eigenvalue weighted by Crippen LogP contribution is -2.75. The first kappa shape index (κ1) is 5.47. The minimum Gasteiger partial charge on any atom is -0.281 e. The van der Waals surface area contributed by atoms with E-state index in [1.54, 1.807) is 0 Å². The quantitative estimate of drug-likeness (QED) is 0.463. The second-order valence-corrected chi connectivity index (χ2v) is 3.43. The Kier molecular flexibility index (Phi) is 1.30. The van der Waals surface area contributed by atoms with Gasteiger partial charge < -0.3 is 0 Å². The van der Waals surface area contributed by atoms with Crippen LogP contribution in [0.1, 0.15) is 6.42 Å². The van der Waals surface area contributed by atoms with Crippen molar-refractivity contribution in [1.29, 1.82) is 0 Å². The largest absolute Gasteiger partial charge is 0.281 e. The summed E-state index contributed by atoms with van der Waals surface area (Å²) in [6.07, 6.45) is 3.22. The lowest BCUT2D eigenvalue weighted by Gasteiger charge is -2.12. The van der Waals surface area contributed by atoms with Gasteiger partial charge in [0.05, 0.1) is 16.8 Å². The molecular weight excluding hydrogens is 132 g/mol. The van der Waals surface area contributed by atoms with E-state index in [-0.39, 0.29) is 0 Å². The van der Waals surface area contributed by atoms with E-state index in [0.29, 0.717) is 6.04 Å². The van der Waals surface area contributed by atoms with Crippen LogP contribution in [-0.4, -0.2) is 29.6 Å². The van der Waals surface area contributed by atoms with Crippen molar-refractivity contribution in [2.24, 2.45) is 4.99 Å². The average molecular weight is 141 g/mol. The first-order chi connectivity index (χ1) is 4.47. The molecule has 0 fully saturated rings. The van der Waals surface area contributed by atoms with Gasteiger partial charge in [-0.25, -0.2) is 0 Å². The summed E-state index contributed by atoms with van der Waals surface area (Å²) in [5.41, 5.74) is 1.98. The molecule has 9 heavy (non-hydrogen) atoms. The first-order valence-corrected chi connectivity index (χ1v) is 4.13. The van der Waals surface area contributed by atoms with Gasteiger partial charge in [0.1, 0.15) is 6.21 Å². The fourth-order valence-corrected chi connectivity index (χ4v) is 2.12. The van der Waals surface area contributed by atoms with Crippen LogP contribution in [0.15, 0.2) is 4.99 Å². The average Bonchev–Trinajstić information content (AvgIpc) is 2.33. The molecule has 2 heterocycles. The number of fused-ring (bicyclic) bond motifs is 1. The van der Waals surface area contributed by atoms with Gasteiger partial charge in [-0.2, -0.15) is 0 Å². The van der Waals surface area contributed by atoms with Gasteiger partial charge in [0.15, 0.2) is 6.54 Å². The summed E-state index contributed by atoms with van der Waals surface area (Å²) in [6.45, 7) is 1.09. The van der Waals surface area contributed by atoms with E-state index >= 15 is 0 Å². The van der Waals surface area contributed by atoms with Crippen LogP contribution in [0.3, 0.4) is 0 Å². The van der Waals surface area contributed by atoms with Crippen molar-refractivity contribution < 1.29 is 4.99 Å². The highest BCUT2D eigenvalue weighted by atomic mass is 32.2. The Bertz CT molecular complexity index is 164. The molecule has 0 bridgehead atoms. The molecule has 48 valence electrons. The zero-order valence-corrected chi connectivity index (χ0v) is 5.90. The summed E-state index contributed by atoms with van der Waals surface area (Å²) in [7, 11) is 0. The van der Waals surface area contributed by atoms with E-state index in [9.17, 15) is 0 Å². The zero-order valence-electron chi connectivity index (χ0n) is 5.08. The van der Waals surface area contributed by atoms with Crippen molar-refractivity contribution in [1.82, 2.24) is 0 Å². The number of nitrogens with one attached hydrogen (secondary N) is 1. The van der Waals surface area contributed by atoms with Crippen molar-refractivity contribution >= 4 is 23.5 Å². The van der Waals surface area contributed by atoms with Crippen LogP contribution in [0.2, 0.25) is 0 Å². The molecule has 0 aromatic rings. The van der Waals surface area contributed by atoms with Gasteiger partial charge in [0, 0.05) is 6.42 Å². The summed E-state index contributed by atoms with van der Waals surface area (Å²) in [6, 6.07) is 0.580. The van der Waals surface area contributed by atoms with Crippen LogP contribution in [0.25, 0.3) is 0 Å². The Morgan fingerprint density at radius 2 is 2.67 bits per heavy atom. The zero-order chi connectivity index (χ0) is 6.10. The van der Waals surface area contributed by atoms with Crippen LogP contribution >= 0.6 is 11.8 Å². The smallest absolute Gasteiger partial charge is 0.154 e. The molecule has 2 nitrogen and oxygen atoms in total. The van der Waals surface area contributed by atoms with Crippen LogP contribution in [0.5, 0.6) is 0 Å². The predicted molar refractivity (Wildman–Crippen MR) is 40.2 cm³/mol. The van der Waals surface area contributed by atoms with E-state index < -0.39 is 0 Å². The molecule has 0 aliphatic carbocycles. The molecule has 0 amide bonds. The Morgan fingerprint density at radius 1 is 1.67 bits per heavy atom. The fourth-order valence-electron chi connectivity index (χ4n) is 1.18. The van der Waals surface area contributed by atoms with Gasteiger partial charge >= 0.3 is 0 Å². The predicted octanol–water partition coefficient (Wildman–Crippen LogP) is -0.946. The number of aliphatic imine (C=N–C) groups is 1. The monoisotopic (exact) mass is 141 g/mol. The van der Waals surface area contributed by atoms with E-state index in [4.69, 9.17) is 0 Å². The first-order valence-electron chi connectivity index (χ1n) is 3.19. The highest BCUT2D eigenvalue weighted by Crippen LogP contribution is 2.22. The summed E-state index contributed by atoms with van der Waals surface area (Å²) >= 11 is 1.85. The number of rotatable bonds is 0. The van der Waals surface area contributed by atoms with Gasteiger partial charge in [-0.05, 0) is 0 Å². The van der Waals surface area contributed by atoms with Gasteiger partial charge in [-0.15, -0.1) is 11.8 Å². The number of hydrogen-bond acceptors (Lipinski definition) is 2. The van der Waals surface area contributed by atoms with Crippen LogP contribution in [0.4, 0.5) is 0 Å². The molecule has 2 atom stereocenters. The van der Waals surface area contributed by atoms with Crippen molar-refractivity contribution in [2.75, 3.05) is 6.54 Å². The Hall–Kier alpha value is -0.310. The minimum atomic E-state index is 0.580. The topological polar surface area (TPSA) is 26.3 Å². The van der Waals surface area contributed by atoms with Crippen molar-refractivity contribution in [2.45, 2.75) is 17.7 Å². The molecule has 0 aromatic heterocycles. The molecule has 1 N–H and O–H groups in total. The summed E-state index contributed by atoms with van der Waals surface area (Å²) in [5, 5.41) is 0.718. The maximum absolute atomic E-state index is 4.32.